The molecule has 31 heavy (non-hydrogen) atoms. The maximum Gasteiger partial charge on any atom is 0.252 e. The number of nitrogens with zero attached hydrogens (tertiary/aromatic N) is 2. The molecule has 1 aliphatic rings. The predicted octanol–water partition coefficient (Wildman–Crippen LogP) is 2.19. The molecule has 0 atom stereocenters. The Balaban J connectivity index is 1.35. The van der Waals surface area contributed by atoms with Crippen LogP contribution in [0, 0.1) is 0 Å². The highest BCUT2D eigenvalue weighted by Gasteiger charge is 2.14. The second-order valence-corrected chi connectivity index (χ2v) is 8.10. The predicted molar refractivity (Wildman–Crippen MR) is 122 cm³/mol. The van der Waals surface area contributed by atoms with Crippen LogP contribution in [0.15, 0.2) is 41.1 Å². The van der Waals surface area contributed by atoms with Crippen molar-refractivity contribution in [2.75, 3.05) is 56.7 Å². The lowest BCUT2D eigenvalue weighted by Gasteiger charge is -2.28. The Labute approximate surface area is 186 Å². The Morgan fingerprint density at radius 2 is 1.87 bits per heavy atom. The van der Waals surface area contributed by atoms with Crippen molar-refractivity contribution in [2.24, 2.45) is 0 Å². The van der Waals surface area contributed by atoms with Gasteiger partial charge in [0.1, 0.15) is 0 Å². The molecule has 2 N–H and O–H groups in total. The number of hydrogen-bond donors (Lipinski definition) is 2. The highest BCUT2D eigenvalue weighted by Crippen LogP contribution is 2.19. The van der Waals surface area contributed by atoms with Gasteiger partial charge in [-0.15, -0.1) is 0 Å². The van der Waals surface area contributed by atoms with E-state index in [1.807, 2.05) is 29.6 Å². The van der Waals surface area contributed by atoms with Gasteiger partial charge >= 0.3 is 0 Å². The summed E-state index contributed by atoms with van der Waals surface area (Å²) in [6, 6.07) is 9.43. The van der Waals surface area contributed by atoms with Gasteiger partial charge in [-0.25, -0.2) is 0 Å². The van der Waals surface area contributed by atoms with Gasteiger partial charge in [-0.05, 0) is 42.1 Å². The van der Waals surface area contributed by atoms with Crippen molar-refractivity contribution in [2.45, 2.75) is 12.8 Å². The molecule has 166 valence electrons. The molecule has 0 spiro atoms. The van der Waals surface area contributed by atoms with E-state index in [1.54, 1.807) is 18.5 Å². The van der Waals surface area contributed by atoms with E-state index < -0.39 is 0 Å². The third-order valence-electron chi connectivity index (χ3n) is 4.97. The standard InChI is InChI=1S/C22H28N4O4S/c1-25(21(28)3-2-9-23-22(29)17-8-14-31-16-17)15-20(27)24-18-4-6-19(7-5-18)26-10-12-30-13-11-26/h4-8,14,16H,2-3,9-13,15H2,1H3,(H,23,29)(H,24,27). The monoisotopic (exact) mass is 444 g/mol. The van der Waals surface area contributed by atoms with E-state index in [0.717, 1.165) is 32.0 Å². The molecule has 0 saturated carbocycles. The van der Waals surface area contributed by atoms with E-state index in [0.29, 0.717) is 24.2 Å². The summed E-state index contributed by atoms with van der Waals surface area (Å²) in [6.45, 7) is 3.55. The van der Waals surface area contributed by atoms with Crippen LogP contribution in [0.1, 0.15) is 23.2 Å². The zero-order valence-corrected chi connectivity index (χ0v) is 18.5. The summed E-state index contributed by atoms with van der Waals surface area (Å²) in [5, 5.41) is 9.24. The van der Waals surface area contributed by atoms with Gasteiger partial charge in [0.25, 0.3) is 5.91 Å². The summed E-state index contributed by atoms with van der Waals surface area (Å²) in [7, 11) is 1.60. The molecular weight excluding hydrogens is 416 g/mol. The van der Waals surface area contributed by atoms with Gasteiger partial charge < -0.3 is 25.2 Å². The van der Waals surface area contributed by atoms with Crippen LogP contribution in [0.2, 0.25) is 0 Å². The van der Waals surface area contributed by atoms with Crippen molar-refractivity contribution in [3.05, 3.63) is 46.7 Å². The smallest absolute Gasteiger partial charge is 0.252 e. The number of nitrogens with one attached hydrogen (secondary N) is 2. The highest BCUT2D eigenvalue weighted by molar-refractivity contribution is 7.08. The SMILES string of the molecule is CN(CC(=O)Nc1ccc(N2CCOCC2)cc1)C(=O)CCCNC(=O)c1ccsc1. The molecule has 0 bridgehead atoms. The number of carbonyl (C=O) groups is 3. The number of ether oxygens (including phenoxy) is 1. The lowest BCUT2D eigenvalue weighted by Crippen LogP contribution is -2.36. The number of rotatable bonds is 9. The third-order valence-corrected chi connectivity index (χ3v) is 5.65. The van der Waals surface area contributed by atoms with Crippen LogP contribution in [-0.4, -0.2) is 69.1 Å². The highest BCUT2D eigenvalue weighted by atomic mass is 32.1. The van der Waals surface area contributed by atoms with Crippen molar-refractivity contribution in [1.29, 1.82) is 0 Å². The number of thiophene rings is 1. The largest absolute Gasteiger partial charge is 0.378 e. The van der Waals surface area contributed by atoms with E-state index in [4.69, 9.17) is 4.74 Å². The summed E-state index contributed by atoms with van der Waals surface area (Å²) in [6.07, 6.45) is 0.783. The Bertz CT molecular complexity index is 864. The summed E-state index contributed by atoms with van der Waals surface area (Å²) >= 11 is 1.46. The topological polar surface area (TPSA) is 91.0 Å². The van der Waals surface area contributed by atoms with Crippen LogP contribution in [-0.2, 0) is 14.3 Å². The van der Waals surface area contributed by atoms with Gasteiger partial charge in [-0.1, -0.05) is 0 Å². The fourth-order valence-corrected chi connectivity index (χ4v) is 3.85. The minimum atomic E-state index is -0.249. The summed E-state index contributed by atoms with van der Waals surface area (Å²) in [5.41, 5.74) is 2.42. The zero-order chi connectivity index (χ0) is 22.1. The van der Waals surface area contributed by atoms with E-state index >= 15 is 0 Å². The molecule has 3 amide bonds. The number of likely N-dealkylation sites (N-methyl/N-ethyl adjacent to an activating group) is 1. The molecule has 8 nitrogen and oxygen atoms in total. The van der Waals surface area contributed by atoms with Gasteiger partial charge in [0.2, 0.25) is 11.8 Å². The molecule has 9 heteroatoms. The molecule has 2 aromatic rings. The number of benzene rings is 1. The van der Waals surface area contributed by atoms with E-state index in [2.05, 4.69) is 15.5 Å². The average Bonchev–Trinajstić information content (AvgIpc) is 3.32. The molecule has 2 heterocycles. The first-order chi connectivity index (χ1) is 15.0. The Morgan fingerprint density at radius 1 is 1.13 bits per heavy atom. The third kappa shape index (κ3) is 7.08. The molecule has 0 aliphatic carbocycles. The quantitative estimate of drug-likeness (QED) is 0.579. The normalized spacial score (nSPS) is 13.5. The van der Waals surface area contributed by atoms with Gasteiger partial charge in [-0.2, -0.15) is 11.3 Å². The molecule has 1 aliphatic heterocycles. The van der Waals surface area contributed by atoms with Crippen LogP contribution < -0.4 is 15.5 Å². The number of carbonyl (C=O) groups excluding carboxylic acids is 3. The van der Waals surface area contributed by atoms with Crippen molar-refractivity contribution in [3.8, 4) is 0 Å². The number of morpholine rings is 1. The molecule has 3 rings (SSSR count). The van der Waals surface area contributed by atoms with Crippen molar-refractivity contribution < 1.29 is 19.1 Å². The maximum absolute atomic E-state index is 12.3. The molecular formula is C22H28N4O4S. The van der Waals surface area contributed by atoms with Crippen molar-refractivity contribution in [1.82, 2.24) is 10.2 Å². The van der Waals surface area contributed by atoms with Gasteiger partial charge in [0.15, 0.2) is 0 Å². The van der Waals surface area contributed by atoms with Crippen molar-refractivity contribution >= 4 is 40.4 Å². The second-order valence-electron chi connectivity index (χ2n) is 7.32. The lowest BCUT2D eigenvalue weighted by molar-refractivity contribution is -0.133. The molecule has 1 saturated heterocycles. The van der Waals surface area contributed by atoms with Crippen LogP contribution in [0.4, 0.5) is 11.4 Å². The number of anilines is 2. The number of hydrogen-bond acceptors (Lipinski definition) is 6. The Hall–Kier alpha value is -2.91. The van der Waals surface area contributed by atoms with E-state index in [-0.39, 0.29) is 30.7 Å². The maximum atomic E-state index is 12.3. The van der Waals surface area contributed by atoms with Gasteiger partial charge in [-0.3, -0.25) is 14.4 Å². The molecule has 1 aromatic heterocycles. The minimum absolute atomic E-state index is 0.0225. The van der Waals surface area contributed by atoms with Crippen LogP contribution in [0.3, 0.4) is 0 Å². The average molecular weight is 445 g/mol. The minimum Gasteiger partial charge on any atom is -0.378 e. The van der Waals surface area contributed by atoms with Gasteiger partial charge in [0.05, 0.1) is 19.8 Å². The summed E-state index contributed by atoms with van der Waals surface area (Å²) < 4.78 is 5.36. The van der Waals surface area contributed by atoms with E-state index in [1.165, 1.54) is 16.2 Å². The first kappa shape index (κ1) is 22.8. The first-order valence-electron chi connectivity index (χ1n) is 10.3. The van der Waals surface area contributed by atoms with Crippen molar-refractivity contribution in [3.63, 3.8) is 0 Å². The Morgan fingerprint density at radius 3 is 2.55 bits per heavy atom. The number of amides is 3. The van der Waals surface area contributed by atoms with Crippen LogP contribution in [0.25, 0.3) is 0 Å². The van der Waals surface area contributed by atoms with Crippen LogP contribution in [0.5, 0.6) is 0 Å². The molecule has 0 unspecified atom stereocenters. The fraction of sp³-hybridized carbons (Fsp3) is 0.409. The lowest BCUT2D eigenvalue weighted by atomic mass is 10.2. The zero-order valence-electron chi connectivity index (χ0n) is 17.6. The fourth-order valence-electron chi connectivity index (χ4n) is 3.21. The molecule has 0 radical (unpaired) electrons. The van der Waals surface area contributed by atoms with E-state index in [9.17, 15) is 14.4 Å². The second kappa shape index (κ2) is 11.5. The molecule has 1 fully saturated rings. The summed E-state index contributed by atoms with van der Waals surface area (Å²) in [4.78, 5) is 40.0. The molecule has 1 aromatic carbocycles. The van der Waals surface area contributed by atoms with Gasteiger partial charge in [0, 0.05) is 55.4 Å². The Kier molecular flexibility index (Phi) is 8.43. The first-order valence-corrected chi connectivity index (χ1v) is 11.2. The summed E-state index contributed by atoms with van der Waals surface area (Å²) in [5.74, 6) is -0.524. The van der Waals surface area contributed by atoms with Crippen LogP contribution >= 0.6 is 11.3 Å².